The molecule has 1 atom stereocenters. The van der Waals surface area contributed by atoms with Gasteiger partial charge < -0.3 is 14.2 Å². The third kappa shape index (κ3) is 49.9. The molecule has 1 unspecified atom stereocenters. The predicted molar refractivity (Wildman–Crippen MR) is 278 cm³/mol. The van der Waals surface area contributed by atoms with Crippen LogP contribution in [-0.4, -0.2) is 37.9 Å². The van der Waals surface area contributed by atoms with Crippen molar-refractivity contribution in [1.29, 1.82) is 0 Å². The molecule has 0 fully saturated rings. The van der Waals surface area contributed by atoms with Crippen LogP contribution in [0.2, 0.25) is 0 Å². The summed E-state index contributed by atoms with van der Waals surface area (Å²) in [4.78, 5) is 25.3. The highest BCUT2D eigenvalue weighted by atomic mass is 16.6. The summed E-state index contributed by atoms with van der Waals surface area (Å²) >= 11 is 0. The van der Waals surface area contributed by atoms with Crippen LogP contribution in [0.3, 0.4) is 0 Å². The predicted octanol–water partition coefficient (Wildman–Crippen LogP) is 16.9. The van der Waals surface area contributed by atoms with E-state index >= 15 is 0 Å². The van der Waals surface area contributed by atoms with Crippen LogP contribution in [-0.2, 0) is 23.8 Å². The van der Waals surface area contributed by atoms with Crippen molar-refractivity contribution in [2.24, 2.45) is 0 Å². The topological polar surface area (TPSA) is 61.8 Å². The largest absolute Gasteiger partial charge is 0.462 e. The Balaban J connectivity index is 4.58. The van der Waals surface area contributed by atoms with Crippen molar-refractivity contribution in [2.45, 2.75) is 168 Å². The molecule has 0 rings (SSSR count). The Morgan fingerprint density at radius 1 is 0.344 bits per heavy atom. The highest BCUT2D eigenvalue weighted by molar-refractivity contribution is 5.70. The third-order valence-corrected chi connectivity index (χ3v) is 9.24. The molecule has 0 aromatic carbocycles. The van der Waals surface area contributed by atoms with Crippen molar-refractivity contribution in [3.05, 3.63) is 170 Å². The Hall–Kier alpha value is -4.74. The van der Waals surface area contributed by atoms with E-state index in [1.165, 1.54) is 0 Å². The first-order valence-electron chi connectivity index (χ1n) is 24.7. The molecule has 0 radical (unpaired) electrons. The van der Waals surface area contributed by atoms with E-state index in [2.05, 4.69) is 185 Å². The number of esters is 2. The highest BCUT2D eigenvalue weighted by Crippen LogP contribution is 2.08. The molecule has 0 aromatic heterocycles. The lowest BCUT2D eigenvalue weighted by atomic mass is 10.2. The molecule has 0 spiro atoms. The van der Waals surface area contributed by atoms with E-state index in [0.29, 0.717) is 19.4 Å². The van der Waals surface area contributed by atoms with Crippen molar-refractivity contribution >= 4 is 11.9 Å². The molecule has 0 N–H and O–H groups in total. The van der Waals surface area contributed by atoms with Crippen molar-refractivity contribution in [1.82, 2.24) is 0 Å². The second-order valence-corrected chi connectivity index (χ2v) is 15.2. The summed E-state index contributed by atoms with van der Waals surface area (Å²) in [6.45, 7) is 7.17. The van der Waals surface area contributed by atoms with Crippen LogP contribution in [0.25, 0.3) is 0 Å². The van der Waals surface area contributed by atoms with Crippen LogP contribution in [0.5, 0.6) is 0 Å². The Morgan fingerprint density at radius 2 is 0.672 bits per heavy atom. The number of ether oxygens (including phenoxy) is 3. The average molecular weight is 877 g/mol. The maximum atomic E-state index is 12.8. The fourth-order valence-corrected chi connectivity index (χ4v) is 5.70. The molecule has 0 aliphatic rings. The normalized spacial score (nSPS) is 13.7. The van der Waals surface area contributed by atoms with Crippen molar-refractivity contribution < 1.29 is 23.8 Å². The minimum atomic E-state index is -0.631. The number of hydrogen-bond acceptors (Lipinski definition) is 5. The molecule has 0 bridgehead atoms. The van der Waals surface area contributed by atoms with Gasteiger partial charge in [-0.2, -0.15) is 0 Å². The van der Waals surface area contributed by atoms with E-state index in [9.17, 15) is 9.59 Å². The molecule has 5 nitrogen and oxygen atoms in total. The van der Waals surface area contributed by atoms with E-state index in [1.807, 2.05) is 6.08 Å². The molecule has 0 aromatic rings. The van der Waals surface area contributed by atoms with Crippen molar-refractivity contribution in [2.75, 3.05) is 19.8 Å². The molecule has 0 aliphatic heterocycles. The first-order chi connectivity index (χ1) is 31.6. The van der Waals surface area contributed by atoms with Crippen LogP contribution in [0, 0.1) is 0 Å². The Kier molecular flexibility index (Phi) is 48.7. The number of carbonyl (C=O) groups excluding carboxylic acids is 2. The van der Waals surface area contributed by atoms with Crippen molar-refractivity contribution in [3.63, 3.8) is 0 Å². The molecule has 64 heavy (non-hydrogen) atoms. The summed E-state index contributed by atoms with van der Waals surface area (Å²) in [7, 11) is 0. The summed E-state index contributed by atoms with van der Waals surface area (Å²) in [6, 6.07) is 0. The van der Waals surface area contributed by atoms with Gasteiger partial charge >= 0.3 is 11.9 Å². The molecular weight excluding hydrogens is 789 g/mol. The van der Waals surface area contributed by atoms with Gasteiger partial charge in [-0.15, -0.1) is 0 Å². The second kappa shape index (κ2) is 52.6. The quantitative estimate of drug-likeness (QED) is 0.0347. The molecule has 5 heteroatoms. The van der Waals surface area contributed by atoms with Crippen molar-refractivity contribution in [3.8, 4) is 0 Å². The molecule has 0 aliphatic carbocycles. The fourth-order valence-electron chi connectivity index (χ4n) is 5.70. The maximum Gasteiger partial charge on any atom is 0.306 e. The third-order valence-electron chi connectivity index (χ3n) is 9.24. The average Bonchev–Trinajstić information content (AvgIpc) is 3.30. The molecule has 0 amide bonds. The molecule has 0 saturated carbocycles. The van der Waals surface area contributed by atoms with Gasteiger partial charge in [0.1, 0.15) is 6.61 Å². The Bertz CT molecular complexity index is 1500. The lowest BCUT2D eigenvalue weighted by molar-refractivity contribution is -0.162. The van der Waals surface area contributed by atoms with E-state index in [4.69, 9.17) is 14.2 Å². The van der Waals surface area contributed by atoms with Gasteiger partial charge in [0.25, 0.3) is 0 Å². The standard InChI is InChI=1S/C59H88O5/c1-4-7-10-13-16-19-22-25-28-29-30-31-33-34-37-40-43-46-49-52-58(60)63-56-57(55-62-54-51-48-45-42-39-36-27-24-21-18-15-12-9-6-3)64-59(61)53-50-47-44-41-38-35-32-26-23-20-17-14-11-8-5-2/h7-12,16-21,25-28,30-32,34,36-38,41-43,45-46,57H,4-6,13-15,22-24,29,33,35,39-40,44,47-56H2,1-3H3/b10-7-,11-8-,12-9-,19-16-,20-17-,21-18-,28-25-,31-30-,32-26-,36-27-,37-34-,41-38-,45-42-,46-43-. The zero-order chi connectivity index (χ0) is 46.3. The van der Waals surface area contributed by atoms with Gasteiger partial charge in [0.2, 0.25) is 0 Å². The maximum absolute atomic E-state index is 12.8. The summed E-state index contributed by atoms with van der Waals surface area (Å²) in [5.41, 5.74) is 0. The Morgan fingerprint density at radius 3 is 1.05 bits per heavy atom. The van der Waals surface area contributed by atoms with Gasteiger partial charge in [-0.05, 0) is 128 Å². The number of hydrogen-bond donors (Lipinski definition) is 0. The highest BCUT2D eigenvalue weighted by Gasteiger charge is 2.17. The minimum Gasteiger partial charge on any atom is -0.462 e. The zero-order valence-corrected chi connectivity index (χ0v) is 40.5. The van der Waals surface area contributed by atoms with Crippen LogP contribution in [0.4, 0.5) is 0 Å². The summed E-state index contributed by atoms with van der Waals surface area (Å²) in [5.74, 6) is -0.592. The lowest BCUT2D eigenvalue weighted by Gasteiger charge is -2.18. The number of allylic oxidation sites excluding steroid dienone is 28. The first kappa shape index (κ1) is 59.3. The van der Waals surface area contributed by atoms with Crippen LogP contribution >= 0.6 is 0 Å². The number of unbranched alkanes of at least 4 members (excludes halogenated alkanes) is 3. The van der Waals surface area contributed by atoms with Gasteiger partial charge in [0.05, 0.1) is 6.61 Å². The molecule has 0 heterocycles. The van der Waals surface area contributed by atoms with Gasteiger partial charge in [0.15, 0.2) is 6.10 Å². The summed E-state index contributed by atoms with van der Waals surface area (Å²) < 4.78 is 17.2. The smallest absolute Gasteiger partial charge is 0.306 e. The monoisotopic (exact) mass is 877 g/mol. The van der Waals surface area contributed by atoms with E-state index in [1.54, 1.807) is 0 Å². The van der Waals surface area contributed by atoms with Gasteiger partial charge in [-0.1, -0.05) is 191 Å². The summed E-state index contributed by atoms with van der Waals surface area (Å²) in [5, 5.41) is 0. The SMILES string of the molecule is CC/C=C\C/C=C\C/C=C\C/C=C\C/C=C\C/C=C\CCC(=O)OCC(COCCC/C=C\C/C=C\C/C=C\C/C=C\CC)OC(=O)CCCC/C=C\C/C=C\C/C=C\C/C=C\CC. The summed E-state index contributed by atoms with van der Waals surface area (Å²) in [6.07, 6.45) is 79.6. The van der Waals surface area contributed by atoms with Crippen LogP contribution in [0.1, 0.15) is 162 Å². The molecule has 0 saturated heterocycles. The van der Waals surface area contributed by atoms with E-state index in [-0.39, 0.29) is 31.6 Å². The first-order valence-corrected chi connectivity index (χ1v) is 24.7. The number of carbonyl (C=O) groups is 2. The zero-order valence-electron chi connectivity index (χ0n) is 40.5. The van der Waals surface area contributed by atoms with Gasteiger partial charge in [0, 0.05) is 19.4 Å². The van der Waals surface area contributed by atoms with Gasteiger partial charge in [-0.25, -0.2) is 0 Å². The Labute approximate surface area is 392 Å². The number of rotatable bonds is 42. The second-order valence-electron chi connectivity index (χ2n) is 15.2. The van der Waals surface area contributed by atoms with E-state index < -0.39 is 6.10 Å². The fraction of sp³-hybridized carbons (Fsp3) is 0.492. The van der Waals surface area contributed by atoms with Crippen LogP contribution < -0.4 is 0 Å². The van der Waals surface area contributed by atoms with Crippen LogP contribution in [0.15, 0.2) is 170 Å². The molecule has 354 valence electrons. The lowest BCUT2D eigenvalue weighted by Crippen LogP contribution is -2.30. The van der Waals surface area contributed by atoms with E-state index in [0.717, 1.165) is 122 Å². The minimum absolute atomic E-state index is 0.00680. The molecular formula is C59H88O5. The van der Waals surface area contributed by atoms with Gasteiger partial charge in [-0.3, -0.25) is 9.59 Å².